The van der Waals surface area contributed by atoms with Gasteiger partial charge in [-0.05, 0) is 34.4 Å². The van der Waals surface area contributed by atoms with E-state index in [4.69, 9.17) is 4.74 Å². The largest absolute Gasteiger partial charge is 0.461 e. The number of hydrogen-bond acceptors (Lipinski definition) is 4. The van der Waals surface area contributed by atoms with Crippen molar-refractivity contribution in [1.82, 2.24) is 5.32 Å². The quantitative estimate of drug-likeness (QED) is 0.592. The molecule has 0 spiro atoms. The summed E-state index contributed by atoms with van der Waals surface area (Å²) in [6, 6.07) is 9.91. The van der Waals surface area contributed by atoms with Gasteiger partial charge in [-0.25, -0.2) is 0 Å². The number of amides is 1. The van der Waals surface area contributed by atoms with E-state index in [9.17, 15) is 9.59 Å². The maximum absolute atomic E-state index is 11.8. The molecular formula is C20H25NO3S. The molecule has 0 radical (unpaired) electrons. The van der Waals surface area contributed by atoms with Crippen LogP contribution in [0.25, 0.3) is 0 Å². The van der Waals surface area contributed by atoms with Gasteiger partial charge in [0.15, 0.2) is 0 Å². The van der Waals surface area contributed by atoms with Gasteiger partial charge in [0, 0.05) is 23.9 Å². The topological polar surface area (TPSA) is 55.4 Å². The SMILES string of the molecule is CC(C)(C)c1ccc(COC(=O)CCCNC(=O)c2ccsc2)cc1. The standard InChI is InChI=1S/C20H25NO3S/c1-20(2,3)17-8-6-15(7-9-17)13-24-18(22)5-4-11-21-19(23)16-10-12-25-14-16/h6-10,12,14H,4-5,11,13H2,1-3H3,(H,21,23). The molecule has 134 valence electrons. The monoisotopic (exact) mass is 359 g/mol. The second-order valence-corrected chi connectivity index (χ2v) is 7.76. The van der Waals surface area contributed by atoms with E-state index in [2.05, 4.69) is 38.2 Å². The molecule has 1 aromatic carbocycles. The first-order valence-electron chi connectivity index (χ1n) is 8.42. The van der Waals surface area contributed by atoms with Crippen LogP contribution in [0.4, 0.5) is 0 Å². The molecule has 1 amide bonds. The Kier molecular flexibility index (Phi) is 6.76. The van der Waals surface area contributed by atoms with Gasteiger partial charge < -0.3 is 10.1 Å². The van der Waals surface area contributed by atoms with Gasteiger partial charge >= 0.3 is 5.97 Å². The molecule has 0 atom stereocenters. The number of nitrogens with one attached hydrogen (secondary N) is 1. The first-order chi connectivity index (χ1) is 11.9. The third-order valence-corrected chi connectivity index (χ3v) is 4.53. The first-order valence-corrected chi connectivity index (χ1v) is 9.36. The van der Waals surface area contributed by atoms with E-state index < -0.39 is 0 Å². The minimum Gasteiger partial charge on any atom is -0.461 e. The van der Waals surface area contributed by atoms with E-state index in [0.717, 1.165) is 5.56 Å². The molecule has 2 rings (SSSR count). The molecule has 0 fully saturated rings. The summed E-state index contributed by atoms with van der Waals surface area (Å²) in [5, 5.41) is 6.46. The average molecular weight is 359 g/mol. The van der Waals surface area contributed by atoms with E-state index >= 15 is 0 Å². The molecule has 1 heterocycles. The predicted octanol–water partition coefficient (Wildman–Crippen LogP) is 4.30. The van der Waals surface area contributed by atoms with Crippen molar-refractivity contribution in [1.29, 1.82) is 0 Å². The smallest absolute Gasteiger partial charge is 0.306 e. The van der Waals surface area contributed by atoms with Crippen molar-refractivity contribution in [3.63, 3.8) is 0 Å². The van der Waals surface area contributed by atoms with Gasteiger partial charge in [0.05, 0.1) is 0 Å². The summed E-state index contributed by atoms with van der Waals surface area (Å²) in [7, 11) is 0. The highest BCUT2D eigenvalue weighted by atomic mass is 32.1. The van der Waals surface area contributed by atoms with Gasteiger partial charge in [0.1, 0.15) is 6.61 Å². The molecule has 1 N–H and O–H groups in total. The molecule has 0 aliphatic rings. The lowest BCUT2D eigenvalue weighted by atomic mass is 9.87. The molecule has 4 nitrogen and oxygen atoms in total. The van der Waals surface area contributed by atoms with Crippen LogP contribution in [-0.2, 0) is 21.6 Å². The Morgan fingerprint density at radius 1 is 1.12 bits per heavy atom. The molecule has 25 heavy (non-hydrogen) atoms. The Morgan fingerprint density at radius 3 is 2.44 bits per heavy atom. The molecule has 0 saturated heterocycles. The van der Waals surface area contributed by atoms with Crippen molar-refractivity contribution in [2.75, 3.05) is 6.54 Å². The fraction of sp³-hybridized carbons (Fsp3) is 0.400. The van der Waals surface area contributed by atoms with Gasteiger partial charge in [-0.2, -0.15) is 11.3 Å². The minimum atomic E-state index is -0.246. The zero-order valence-corrected chi connectivity index (χ0v) is 15.8. The van der Waals surface area contributed by atoms with Gasteiger partial charge in [0.2, 0.25) is 0 Å². The molecule has 0 unspecified atom stereocenters. The summed E-state index contributed by atoms with van der Waals surface area (Å²) in [5.41, 5.74) is 3.00. The van der Waals surface area contributed by atoms with E-state index in [1.54, 1.807) is 11.4 Å². The van der Waals surface area contributed by atoms with Crippen molar-refractivity contribution in [3.05, 3.63) is 57.8 Å². The number of benzene rings is 1. The molecule has 0 saturated carbocycles. The van der Waals surface area contributed by atoms with Gasteiger partial charge in [-0.3, -0.25) is 9.59 Å². The highest BCUT2D eigenvalue weighted by Crippen LogP contribution is 2.22. The van der Waals surface area contributed by atoms with Gasteiger partial charge in [-0.1, -0.05) is 45.0 Å². The Morgan fingerprint density at radius 2 is 1.84 bits per heavy atom. The zero-order chi connectivity index (χ0) is 18.3. The van der Waals surface area contributed by atoms with Crippen LogP contribution in [0.2, 0.25) is 0 Å². The zero-order valence-electron chi connectivity index (χ0n) is 15.0. The Hall–Kier alpha value is -2.14. The Labute approximate surface area is 153 Å². The third-order valence-electron chi connectivity index (χ3n) is 3.85. The molecule has 0 aliphatic heterocycles. The molecule has 0 bridgehead atoms. The lowest BCUT2D eigenvalue weighted by Crippen LogP contribution is -2.24. The average Bonchev–Trinajstić information content (AvgIpc) is 3.11. The van der Waals surface area contributed by atoms with E-state index in [1.165, 1.54) is 16.9 Å². The van der Waals surface area contributed by atoms with Crippen LogP contribution < -0.4 is 5.32 Å². The molecule has 5 heteroatoms. The lowest BCUT2D eigenvalue weighted by Gasteiger charge is -2.19. The van der Waals surface area contributed by atoms with Crippen LogP contribution in [0, 0.1) is 0 Å². The summed E-state index contributed by atoms with van der Waals surface area (Å²) in [4.78, 5) is 23.5. The fourth-order valence-electron chi connectivity index (χ4n) is 2.27. The maximum atomic E-state index is 11.8. The summed E-state index contributed by atoms with van der Waals surface area (Å²) in [5.74, 6) is -0.349. The molecular weight excluding hydrogens is 334 g/mol. The Balaban J connectivity index is 1.64. The van der Waals surface area contributed by atoms with Crippen molar-refractivity contribution >= 4 is 23.2 Å². The van der Waals surface area contributed by atoms with E-state index in [-0.39, 0.29) is 23.9 Å². The van der Waals surface area contributed by atoms with E-state index in [1.807, 2.05) is 17.5 Å². The number of esters is 1. The molecule has 0 aliphatic carbocycles. The van der Waals surface area contributed by atoms with Crippen molar-refractivity contribution in [3.8, 4) is 0 Å². The van der Waals surface area contributed by atoms with Crippen molar-refractivity contribution in [2.45, 2.75) is 45.6 Å². The summed E-state index contributed by atoms with van der Waals surface area (Å²) < 4.78 is 5.28. The van der Waals surface area contributed by atoms with Crippen molar-refractivity contribution < 1.29 is 14.3 Å². The van der Waals surface area contributed by atoms with Gasteiger partial charge in [0.25, 0.3) is 5.91 Å². The highest BCUT2D eigenvalue weighted by molar-refractivity contribution is 7.08. The van der Waals surface area contributed by atoms with Crippen LogP contribution in [-0.4, -0.2) is 18.4 Å². The second-order valence-electron chi connectivity index (χ2n) is 6.98. The Bertz CT molecular complexity index is 685. The van der Waals surface area contributed by atoms with Crippen molar-refractivity contribution in [2.24, 2.45) is 0 Å². The summed E-state index contributed by atoms with van der Waals surface area (Å²) in [6.07, 6.45) is 0.863. The second kappa shape index (κ2) is 8.81. The van der Waals surface area contributed by atoms with Crippen LogP contribution >= 0.6 is 11.3 Å². The lowest BCUT2D eigenvalue weighted by molar-refractivity contribution is -0.145. The maximum Gasteiger partial charge on any atom is 0.306 e. The fourth-order valence-corrected chi connectivity index (χ4v) is 2.90. The van der Waals surface area contributed by atoms with Gasteiger partial charge in [-0.15, -0.1) is 0 Å². The molecule has 2 aromatic rings. The number of thiophene rings is 1. The summed E-state index contributed by atoms with van der Waals surface area (Å²) in [6.45, 7) is 7.24. The number of carbonyl (C=O) groups is 2. The predicted molar refractivity (Wildman–Crippen MR) is 101 cm³/mol. The number of ether oxygens (including phenoxy) is 1. The summed E-state index contributed by atoms with van der Waals surface area (Å²) >= 11 is 1.48. The number of carbonyl (C=O) groups excluding carboxylic acids is 2. The first kappa shape index (κ1) is 19.2. The van der Waals surface area contributed by atoms with Crippen LogP contribution in [0.3, 0.4) is 0 Å². The van der Waals surface area contributed by atoms with Crippen LogP contribution in [0.1, 0.15) is 55.1 Å². The number of rotatable bonds is 7. The van der Waals surface area contributed by atoms with Crippen LogP contribution in [0.15, 0.2) is 41.1 Å². The minimum absolute atomic E-state index is 0.103. The highest BCUT2D eigenvalue weighted by Gasteiger charge is 2.13. The van der Waals surface area contributed by atoms with E-state index in [0.29, 0.717) is 24.9 Å². The van der Waals surface area contributed by atoms with Crippen LogP contribution in [0.5, 0.6) is 0 Å². The number of hydrogen-bond donors (Lipinski definition) is 1. The normalized spacial score (nSPS) is 11.2. The third kappa shape index (κ3) is 6.35. The molecule has 1 aromatic heterocycles.